The molecule has 40 heavy (non-hydrogen) atoms. The Kier molecular flexibility index (Phi) is 9.96. The molecule has 0 spiro atoms. The van der Waals surface area contributed by atoms with Crippen LogP contribution < -0.4 is 0 Å². The minimum absolute atomic E-state index is 0.0524. The highest BCUT2D eigenvalue weighted by molar-refractivity contribution is 14.1. The molecule has 0 unspecified atom stereocenters. The summed E-state index contributed by atoms with van der Waals surface area (Å²) < 4.78 is 8.62. The van der Waals surface area contributed by atoms with Crippen molar-refractivity contribution in [3.63, 3.8) is 0 Å². The van der Waals surface area contributed by atoms with E-state index in [2.05, 4.69) is 33.4 Å². The summed E-state index contributed by atoms with van der Waals surface area (Å²) in [7, 11) is 0. The molecule has 0 aliphatic carbocycles. The maximum Gasteiger partial charge on any atom is 0.306 e. The smallest absolute Gasteiger partial charge is 0.306 e. The first-order valence-corrected chi connectivity index (χ1v) is 15.2. The Balaban J connectivity index is 1.73. The van der Waals surface area contributed by atoms with E-state index in [1.165, 1.54) is 0 Å². The van der Waals surface area contributed by atoms with Gasteiger partial charge in [-0.15, -0.1) is 0 Å². The summed E-state index contributed by atoms with van der Waals surface area (Å²) in [4.78, 5) is 28.6. The number of amides is 1. The van der Waals surface area contributed by atoms with Crippen molar-refractivity contribution >= 4 is 69.6 Å². The van der Waals surface area contributed by atoms with Crippen molar-refractivity contribution < 1.29 is 18.9 Å². The minimum Gasteiger partial charge on any atom is -0.460 e. The average molecular weight is 692 g/mol. The largest absolute Gasteiger partial charge is 0.460 e. The fourth-order valence-corrected chi connectivity index (χ4v) is 5.63. The summed E-state index contributed by atoms with van der Waals surface area (Å²) in [5.74, 6) is -0.247. The SMILES string of the molecule is C[C@H](c1ccc(Cl)cc1)N1C(=O)c2cc(I)ccc2[N+](CCCCC(=O)OC(C)(C)C)=C[C@@H]1c1ccc(Cl)cc1. The van der Waals surface area contributed by atoms with Gasteiger partial charge < -0.3 is 9.64 Å². The molecule has 210 valence electrons. The van der Waals surface area contributed by atoms with Gasteiger partial charge in [0.1, 0.15) is 23.8 Å². The van der Waals surface area contributed by atoms with Crippen molar-refractivity contribution in [3.8, 4) is 0 Å². The Morgan fingerprint density at radius 2 is 1.62 bits per heavy atom. The van der Waals surface area contributed by atoms with Crippen LogP contribution in [0.5, 0.6) is 0 Å². The van der Waals surface area contributed by atoms with Gasteiger partial charge >= 0.3 is 5.97 Å². The number of ether oxygens (including phenoxy) is 1. The summed E-state index contributed by atoms with van der Waals surface area (Å²) >= 11 is 14.7. The van der Waals surface area contributed by atoms with E-state index in [0.29, 0.717) is 35.0 Å². The van der Waals surface area contributed by atoms with Crippen LogP contribution in [0.1, 0.15) is 80.5 Å². The maximum atomic E-state index is 14.4. The Labute approximate surface area is 260 Å². The van der Waals surface area contributed by atoms with Crippen LogP contribution >= 0.6 is 45.8 Å². The number of hydrogen-bond donors (Lipinski definition) is 0. The van der Waals surface area contributed by atoms with Crippen LogP contribution in [0.3, 0.4) is 0 Å². The molecular weight excluding hydrogens is 658 g/mol. The number of carbonyl (C=O) groups excluding carboxylic acids is 2. The molecule has 0 fully saturated rings. The van der Waals surface area contributed by atoms with Gasteiger partial charge in [-0.3, -0.25) is 9.59 Å². The summed E-state index contributed by atoms with van der Waals surface area (Å²) in [6.45, 7) is 8.32. The van der Waals surface area contributed by atoms with E-state index in [0.717, 1.165) is 26.8 Å². The normalized spacial score (nSPS) is 16.2. The summed E-state index contributed by atoms with van der Waals surface area (Å²) in [5.41, 5.74) is 2.95. The van der Waals surface area contributed by atoms with Crippen LogP contribution in [0, 0.1) is 3.57 Å². The molecule has 2 atom stereocenters. The molecule has 0 bridgehead atoms. The highest BCUT2D eigenvalue weighted by Crippen LogP contribution is 2.37. The van der Waals surface area contributed by atoms with Crippen molar-refractivity contribution in [2.45, 2.75) is 64.6 Å². The zero-order valence-electron chi connectivity index (χ0n) is 23.2. The van der Waals surface area contributed by atoms with Gasteiger partial charge in [0.2, 0.25) is 5.69 Å². The first-order chi connectivity index (χ1) is 18.9. The third kappa shape index (κ3) is 7.65. The second-order valence-corrected chi connectivity index (χ2v) is 13.1. The molecule has 4 rings (SSSR count). The number of benzene rings is 3. The van der Waals surface area contributed by atoms with Gasteiger partial charge in [-0.1, -0.05) is 47.5 Å². The number of nitrogens with zero attached hydrogens (tertiary/aromatic N) is 2. The lowest BCUT2D eigenvalue weighted by Crippen LogP contribution is -2.37. The van der Waals surface area contributed by atoms with Gasteiger partial charge in [0.05, 0.1) is 6.04 Å². The molecule has 0 aromatic heterocycles. The van der Waals surface area contributed by atoms with Crippen molar-refractivity contribution in [1.29, 1.82) is 0 Å². The van der Waals surface area contributed by atoms with Gasteiger partial charge in [-0.05, 0) is 104 Å². The van der Waals surface area contributed by atoms with Crippen LogP contribution in [0.15, 0.2) is 66.7 Å². The first-order valence-electron chi connectivity index (χ1n) is 13.4. The fraction of sp³-hybridized carbons (Fsp3) is 0.344. The quantitative estimate of drug-likeness (QED) is 0.103. The van der Waals surface area contributed by atoms with Gasteiger partial charge in [-0.2, -0.15) is 4.58 Å². The van der Waals surface area contributed by atoms with E-state index in [4.69, 9.17) is 27.9 Å². The van der Waals surface area contributed by atoms with Crippen LogP contribution in [-0.4, -0.2) is 39.7 Å². The molecule has 1 heterocycles. The molecule has 0 N–H and O–H groups in total. The highest BCUT2D eigenvalue weighted by atomic mass is 127. The summed E-state index contributed by atoms with van der Waals surface area (Å²) in [6, 6.07) is 20.7. The van der Waals surface area contributed by atoms with E-state index in [1.807, 2.05) is 99.3 Å². The number of esters is 1. The Morgan fingerprint density at radius 1 is 1.00 bits per heavy atom. The number of halogens is 3. The average Bonchev–Trinajstić information content (AvgIpc) is 3.00. The van der Waals surface area contributed by atoms with Gasteiger partial charge in [0.25, 0.3) is 5.91 Å². The molecule has 0 saturated carbocycles. The van der Waals surface area contributed by atoms with Crippen molar-refractivity contribution in [1.82, 2.24) is 4.90 Å². The highest BCUT2D eigenvalue weighted by Gasteiger charge is 2.38. The number of fused-ring (bicyclic) bond motifs is 1. The van der Waals surface area contributed by atoms with Crippen molar-refractivity contribution in [3.05, 3.63) is 97.0 Å². The standard InChI is InChI=1S/C32H34Cl2IN2O3/c1-21(22-8-12-24(33)13-9-22)37-29(23-10-14-25(34)15-11-23)20-36(18-6-5-7-30(38)40-32(2,3)4)28-17-16-26(35)19-27(28)31(37)39/h8-17,19-21,29H,5-7,18H2,1-4H3/q+1/t21-,29-/m1/s1. The lowest BCUT2D eigenvalue weighted by molar-refractivity contribution is -0.438. The van der Waals surface area contributed by atoms with E-state index in [-0.39, 0.29) is 24.0 Å². The summed E-state index contributed by atoms with van der Waals surface area (Å²) in [6.07, 6.45) is 3.92. The topological polar surface area (TPSA) is 49.6 Å². The lowest BCUT2D eigenvalue weighted by atomic mass is 9.99. The predicted molar refractivity (Wildman–Crippen MR) is 170 cm³/mol. The third-order valence-electron chi connectivity index (χ3n) is 6.78. The number of rotatable bonds is 8. The molecular formula is C32H34Cl2IN2O3+. The second kappa shape index (κ2) is 13.0. The van der Waals surface area contributed by atoms with Crippen molar-refractivity contribution in [2.75, 3.05) is 6.54 Å². The molecule has 3 aromatic carbocycles. The number of hydrogen-bond acceptors (Lipinski definition) is 3. The predicted octanol–water partition coefficient (Wildman–Crippen LogP) is 8.78. The van der Waals surface area contributed by atoms with Gasteiger partial charge in [-0.25, -0.2) is 0 Å². The monoisotopic (exact) mass is 691 g/mol. The second-order valence-electron chi connectivity index (χ2n) is 11.0. The number of carbonyl (C=O) groups is 2. The molecule has 0 radical (unpaired) electrons. The number of unbranched alkanes of at least 4 members (excludes halogenated alkanes) is 1. The molecule has 1 aliphatic heterocycles. The Bertz CT molecular complexity index is 1400. The zero-order chi connectivity index (χ0) is 29.0. The van der Waals surface area contributed by atoms with E-state index < -0.39 is 5.60 Å². The lowest BCUT2D eigenvalue weighted by Gasteiger charge is -2.33. The van der Waals surface area contributed by atoms with Crippen LogP contribution in [0.4, 0.5) is 5.69 Å². The molecule has 0 saturated heterocycles. The van der Waals surface area contributed by atoms with Crippen LogP contribution in [0.25, 0.3) is 0 Å². The minimum atomic E-state index is -0.498. The molecule has 1 aliphatic rings. The Hall–Kier alpha value is -2.42. The molecule has 1 amide bonds. The zero-order valence-corrected chi connectivity index (χ0v) is 26.8. The molecule has 5 nitrogen and oxygen atoms in total. The molecule has 8 heteroatoms. The van der Waals surface area contributed by atoms with Crippen molar-refractivity contribution in [2.24, 2.45) is 0 Å². The third-order valence-corrected chi connectivity index (χ3v) is 7.96. The molecule has 3 aromatic rings. The summed E-state index contributed by atoms with van der Waals surface area (Å²) in [5, 5.41) is 1.29. The van der Waals surface area contributed by atoms with Crippen LogP contribution in [-0.2, 0) is 9.53 Å². The van der Waals surface area contributed by atoms with Crippen LogP contribution in [0.2, 0.25) is 10.0 Å². The van der Waals surface area contributed by atoms with E-state index in [1.54, 1.807) is 0 Å². The Morgan fingerprint density at radius 3 is 2.25 bits per heavy atom. The van der Waals surface area contributed by atoms with Gasteiger partial charge in [0.15, 0.2) is 6.21 Å². The van der Waals surface area contributed by atoms with Gasteiger partial charge in [0, 0.05) is 32.5 Å². The first kappa shape index (κ1) is 30.5. The fourth-order valence-electron chi connectivity index (χ4n) is 4.88. The maximum absolute atomic E-state index is 14.4. The van der Waals surface area contributed by atoms with E-state index >= 15 is 0 Å². The van der Waals surface area contributed by atoms with E-state index in [9.17, 15) is 9.59 Å².